The topological polar surface area (TPSA) is 72.4 Å². The standard InChI is InChI=1S/C16H12ClFN4O2/c17-13-3-1-4-14(18)12(13)9-19-21-16(23)15-6-5-11(24-15)10-22-8-2-7-20-22/h1-9H,10H2,(H,21,23)/b19-9-. The highest BCUT2D eigenvalue weighted by Gasteiger charge is 2.11. The quantitative estimate of drug-likeness (QED) is 0.570. The van der Waals surface area contributed by atoms with E-state index in [-0.39, 0.29) is 16.3 Å². The number of hydrogen-bond acceptors (Lipinski definition) is 4. The normalized spacial score (nSPS) is 11.1. The molecule has 24 heavy (non-hydrogen) atoms. The van der Waals surface area contributed by atoms with Crippen molar-refractivity contribution in [3.63, 3.8) is 0 Å². The summed E-state index contributed by atoms with van der Waals surface area (Å²) in [5, 5.41) is 7.95. The molecule has 0 aliphatic carbocycles. The van der Waals surface area contributed by atoms with Crippen LogP contribution < -0.4 is 5.43 Å². The van der Waals surface area contributed by atoms with E-state index in [9.17, 15) is 9.18 Å². The Morgan fingerprint density at radius 1 is 1.38 bits per heavy atom. The van der Waals surface area contributed by atoms with Crippen molar-refractivity contribution in [2.24, 2.45) is 5.10 Å². The molecule has 6 nitrogen and oxygen atoms in total. The van der Waals surface area contributed by atoms with Gasteiger partial charge in [0.25, 0.3) is 0 Å². The van der Waals surface area contributed by atoms with Crippen LogP contribution in [0.1, 0.15) is 21.9 Å². The Kier molecular flexibility index (Phi) is 4.72. The average Bonchev–Trinajstić information content (AvgIpc) is 3.22. The minimum Gasteiger partial charge on any atom is -0.454 e. The van der Waals surface area contributed by atoms with Crippen molar-refractivity contribution in [1.29, 1.82) is 0 Å². The molecule has 0 aliphatic rings. The van der Waals surface area contributed by atoms with Gasteiger partial charge in [-0.05, 0) is 30.3 Å². The summed E-state index contributed by atoms with van der Waals surface area (Å²) in [6, 6.07) is 9.26. The molecule has 0 atom stereocenters. The number of aromatic nitrogens is 2. The van der Waals surface area contributed by atoms with Crippen molar-refractivity contribution >= 4 is 23.7 Å². The third-order valence-electron chi connectivity index (χ3n) is 3.12. The zero-order valence-corrected chi connectivity index (χ0v) is 13.1. The lowest BCUT2D eigenvalue weighted by molar-refractivity contribution is 0.0925. The van der Waals surface area contributed by atoms with Crippen LogP contribution in [0.4, 0.5) is 4.39 Å². The summed E-state index contributed by atoms with van der Waals surface area (Å²) in [6.07, 6.45) is 4.58. The highest BCUT2D eigenvalue weighted by Crippen LogP contribution is 2.16. The van der Waals surface area contributed by atoms with Gasteiger partial charge in [0.05, 0.1) is 17.8 Å². The Morgan fingerprint density at radius 2 is 2.25 bits per heavy atom. The predicted octanol–water partition coefficient (Wildman–Crippen LogP) is 3.08. The Balaban J connectivity index is 1.63. The van der Waals surface area contributed by atoms with Crippen molar-refractivity contribution in [1.82, 2.24) is 15.2 Å². The molecule has 0 fully saturated rings. The number of amides is 1. The lowest BCUT2D eigenvalue weighted by Crippen LogP contribution is -2.17. The summed E-state index contributed by atoms with van der Waals surface area (Å²) in [6.45, 7) is 0.411. The summed E-state index contributed by atoms with van der Waals surface area (Å²) in [7, 11) is 0. The molecule has 8 heteroatoms. The lowest BCUT2D eigenvalue weighted by atomic mass is 10.2. The first-order valence-corrected chi connectivity index (χ1v) is 7.35. The van der Waals surface area contributed by atoms with E-state index >= 15 is 0 Å². The fraction of sp³-hybridized carbons (Fsp3) is 0.0625. The number of nitrogens with one attached hydrogen (secondary N) is 1. The van der Waals surface area contributed by atoms with Crippen LogP contribution in [0.2, 0.25) is 5.02 Å². The van der Waals surface area contributed by atoms with Gasteiger partial charge in [-0.1, -0.05) is 17.7 Å². The van der Waals surface area contributed by atoms with Crippen LogP contribution in [0.25, 0.3) is 0 Å². The van der Waals surface area contributed by atoms with Crippen LogP contribution in [0.15, 0.2) is 58.3 Å². The van der Waals surface area contributed by atoms with Crippen molar-refractivity contribution in [2.75, 3.05) is 0 Å². The van der Waals surface area contributed by atoms with Gasteiger partial charge in [0.1, 0.15) is 11.6 Å². The Morgan fingerprint density at radius 3 is 3.00 bits per heavy atom. The maximum Gasteiger partial charge on any atom is 0.307 e. The molecular formula is C16H12ClFN4O2. The summed E-state index contributed by atoms with van der Waals surface area (Å²) in [5.41, 5.74) is 2.36. The number of nitrogens with zero attached hydrogens (tertiary/aromatic N) is 3. The van der Waals surface area contributed by atoms with E-state index in [0.717, 1.165) is 6.21 Å². The molecular weight excluding hydrogens is 335 g/mol. The predicted molar refractivity (Wildman–Crippen MR) is 86.5 cm³/mol. The molecule has 3 rings (SSSR count). The molecule has 0 bridgehead atoms. The van der Waals surface area contributed by atoms with Crippen LogP contribution in [0, 0.1) is 5.82 Å². The van der Waals surface area contributed by atoms with Crippen molar-refractivity contribution < 1.29 is 13.6 Å². The van der Waals surface area contributed by atoms with Gasteiger partial charge in [-0.2, -0.15) is 10.2 Å². The second kappa shape index (κ2) is 7.10. The Hall–Kier alpha value is -2.93. The maximum atomic E-state index is 13.6. The number of carbonyl (C=O) groups excluding carboxylic acids is 1. The number of halogens is 2. The SMILES string of the molecule is O=C(N/N=C\c1c(F)cccc1Cl)c1ccc(Cn2cccn2)o1. The highest BCUT2D eigenvalue weighted by molar-refractivity contribution is 6.33. The van der Waals surface area contributed by atoms with E-state index < -0.39 is 11.7 Å². The van der Waals surface area contributed by atoms with Gasteiger partial charge < -0.3 is 4.42 Å². The fourth-order valence-electron chi connectivity index (χ4n) is 1.98. The molecule has 0 spiro atoms. The zero-order chi connectivity index (χ0) is 16.9. The molecule has 1 amide bonds. The second-order valence-corrected chi connectivity index (χ2v) is 5.21. The Labute approximate surface area is 141 Å². The first-order chi connectivity index (χ1) is 11.6. The first-order valence-electron chi connectivity index (χ1n) is 6.97. The number of rotatable bonds is 5. The van der Waals surface area contributed by atoms with Gasteiger partial charge in [-0.15, -0.1) is 0 Å². The molecule has 0 radical (unpaired) electrons. The molecule has 2 heterocycles. The second-order valence-electron chi connectivity index (χ2n) is 4.80. The van der Waals surface area contributed by atoms with Crippen molar-refractivity contribution in [2.45, 2.75) is 6.54 Å². The number of hydrazone groups is 1. The minimum absolute atomic E-state index is 0.0916. The van der Waals surface area contributed by atoms with E-state index in [1.165, 1.54) is 24.3 Å². The van der Waals surface area contributed by atoms with Gasteiger partial charge in [-0.25, -0.2) is 9.82 Å². The smallest absolute Gasteiger partial charge is 0.307 e. The lowest BCUT2D eigenvalue weighted by Gasteiger charge is -2.00. The van der Waals surface area contributed by atoms with Gasteiger partial charge >= 0.3 is 5.91 Å². The zero-order valence-electron chi connectivity index (χ0n) is 12.3. The molecule has 1 N–H and O–H groups in total. The van der Waals surface area contributed by atoms with E-state index in [0.29, 0.717) is 12.3 Å². The fourth-order valence-corrected chi connectivity index (χ4v) is 2.19. The van der Waals surface area contributed by atoms with Crippen LogP contribution in [-0.4, -0.2) is 21.9 Å². The van der Waals surface area contributed by atoms with Crippen molar-refractivity contribution in [3.8, 4) is 0 Å². The van der Waals surface area contributed by atoms with E-state index in [2.05, 4.69) is 15.6 Å². The van der Waals surface area contributed by atoms with Gasteiger partial charge in [0, 0.05) is 18.0 Å². The molecule has 1 aromatic carbocycles. The van der Waals surface area contributed by atoms with E-state index in [1.54, 1.807) is 29.2 Å². The minimum atomic E-state index is -0.551. The Bertz CT molecular complexity index is 854. The van der Waals surface area contributed by atoms with Crippen LogP contribution in [0.3, 0.4) is 0 Å². The van der Waals surface area contributed by atoms with Gasteiger partial charge in [0.15, 0.2) is 5.76 Å². The number of hydrogen-bond donors (Lipinski definition) is 1. The van der Waals surface area contributed by atoms with Gasteiger partial charge in [0.2, 0.25) is 0 Å². The third-order valence-corrected chi connectivity index (χ3v) is 3.45. The summed E-state index contributed by atoms with van der Waals surface area (Å²) < 4.78 is 20.7. The van der Waals surface area contributed by atoms with Crippen LogP contribution in [0.5, 0.6) is 0 Å². The molecule has 0 aliphatic heterocycles. The number of furan rings is 1. The molecule has 2 aromatic heterocycles. The molecule has 0 saturated carbocycles. The van der Waals surface area contributed by atoms with Crippen molar-refractivity contribution in [3.05, 3.63) is 76.7 Å². The largest absolute Gasteiger partial charge is 0.454 e. The molecule has 0 unspecified atom stereocenters. The van der Waals surface area contributed by atoms with Gasteiger partial charge in [-0.3, -0.25) is 9.48 Å². The first kappa shape index (κ1) is 15.9. The molecule has 0 saturated heterocycles. The van der Waals surface area contributed by atoms with E-state index in [1.807, 2.05) is 0 Å². The summed E-state index contributed by atoms with van der Waals surface area (Å²) in [4.78, 5) is 12.0. The third kappa shape index (κ3) is 3.69. The maximum absolute atomic E-state index is 13.6. The molecule has 122 valence electrons. The van der Waals surface area contributed by atoms with Crippen LogP contribution >= 0.6 is 11.6 Å². The van der Waals surface area contributed by atoms with E-state index in [4.69, 9.17) is 16.0 Å². The number of carbonyl (C=O) groups is 1. The monoisotopic (exact) mass is 346 g/mol. The highest BCUT2D eigenvalue weighted by atomic mass is 35.5. The van der Waals surface area contributed by atoms with Crippen LogP contribution in [-0.2, 0) is 6.54 Å². The average molecular weight is 347 g/mol. The summed E-state index contributed by atoms with van der Waals surface area (Å²) in [5.74, 6) is -0.413. The number of benzene rings is 1. The summed E-state index contributed by atoms with van der Waals surface area (Å²) >= 11 is 5.86. The molecule has 3 aromatic rings.